The van der Waals surface area contributed by atoms with Crippen molar-refractivity contribution in [2.45, 2.75) is 18.9 Å². The summed E-state index contributed by atoms with van der Waals surface area (Å²) in [5.74, 6) is -2.00. The molecule has 9 nitrogen and oxygen atoms in total. The third-order valence-corrected chi connectivity index (χ3v) is 3.63. The average Bonchev–Trinajstić information content (AvgIpc) is 3.26. The Labute approximate surface area is 143 Å². The van der Waals surface area contributed by atoms with Gasteiger partial charge in [-0.3, -0.25) is 19.2 Å². The van der Waals surface area contributed by atoms with Crippen molar-refractivity contribution in [3.8, 4) is 0 Å². The number of nitrogens with one attached hydrogen (secondary N) is 2. The van der Waals surface area contributed by atoms with Crippen LogP contribution in [0.5, 0.6) is 0 Å². The zero-order chi connectivity index (χ0) is 18.2. The van der Waals surface area contributed by atoms with E-state index in [1.165, 1.54) is 23.3 Å². The maximum atomic E-state index is 12.2. The van der Waals surface area contributed by atoms with Crippen LogP contribution in [-0.2, 0) is 19.2 Å². The van der Waals surface area contributed by atoms with Crippen LogP contribution in [-0.4, -0.2) is 59.4 Å². The van der Waals surface area contributed by atoms with Crippen molar-refractivity contribution in [3.05, 3.63) is 30.2 Å². The molecule has 2 heterocycles. The van der Waals surface area contributed by atoms with Crippen LogP contribution in [0, 0.1) is 0 Å². The molecular formula is C16H19N3O6. The van der Waals surface area contributed by atoms with E-state index in [9.17, 15) is 19.2 Å². The molecule has 1 aliphatic heterocycles. The smallest absolute Gasteiger partial charge is 0.322 e. The van der Waals surface area contributed by atoms with Gasteiger partial charge in [-0.05, 0) is 31.1 Å². The van der Waals surface area contributed by atoms with Crippen LogP contribution < -0.4 is 10.6 Å². The normalized spacial score (nSPS) is 16.8. The van der Waals surface area contributed by atoms with E-state index in [-0.39, 0.29) is 12.5 Å². The molecule has 0 saturated carbocycles. The first kappa shape index (κ1) is 18.2. The van der Waals surface area contributed by atoms with Gasteiger partial charge in [-0.1, -0.05) is 0 Å². The fourth-order valence-electron chi connectivity index (χ4n) is 2.46. The Hall–Kier alpha value is -3.10. The van der Waals surface area contributed by atoms with Gasteiger partial charge in [0.1, 0.15) is 18.3 Å². The molecule has 3 N–H and O–H groups in total. The first-order valence-electron chi connectivity index (χ1n) is 7.76. The standard InChI is InChI=1S/C16H19N3O6/c20-13(17-10-15(22)23)9-18-16(24)12-4-1-7-19(12)14(21)6-5-11-3-2-8-25-11/h2-3,5-6,8,12H,1,4,7,9-10H2,(H,17,20)(H,18,24)(H,22,23)/t12-/m0/s1. The van der Waals surface area contributed by atoms with Gasteiger partial charge in [-0.15, -0.1) is 0 Å². The number of carboxylic acid groups (broad SMARTS) is 1. The minimum Gasteiger partial charge on any atom is -0.480 e. The third kappa shape index (κ3) is 5.48. The minimum atomic E-state index is -1.17. The van der Waals surface area contributed by atoms with Crippen LogP contribution >= 0.6 is 0 Å². The molecule has 0 bridgehead atoms. The summed E-state index contributed by atoms with van der Waals surface area (Å²) in [7, 11) is 0. The molecular weight excluding hydrogens is 330 g/mol. The second-order valence-corrected chi connectivity index (χ2v) is 5.43. The quantitative estimate of drug-likeness (QED) is 0.575. The molecule has 0 aromatic carbocycles. The average molecular weight is 349 g/mol. The molecule has 1 aromatic heterocycles. The number of amides is 3. The van der Waals surface area contributed by atoms with E-state index < -0.39 is 30.4 Å². The topological polar surface area (TPSA) is 129 Å². The van der Waals surface area contributed by atoms with E-state index in [1.807, 2.05) is 0 Å². The first-order chi connectivity index (χ1) is 12.0. The number of likely N-dealkylation sites (tertiary alicyclic amines) is 1. The minimum absolute atomic E-state index is 0.315. The summed E-state index contributed by atoms with van der Waals surface area (Å²) in [5.41, 5.74) is 0. The number of hydrogen-bond donors (Lipinski definition) is 3. The second-order valence-electron chi connectivity index (χ2n) is 5.43. The van der Waals surface area contributed by atoms with E-state index in [4.69, 9.17) is 9.52 Å². The fourth-order valence-corrected chi connectivity index (χ4v) is 2.46. The monoisotopic (exact) mass is 349 g/mol. The number of carboxylic acids is 1. The number of furan rings is 1. The highest BCUT2D eigenvalue weighted by Gasteiger charge is 2.33. The van der Waals surface area contributed by atoms with Gasteiger partial charge in [0, 0.05) is 12.6 Å². The summed E-state index contributed by atoms with van der Waals surface area (Å²) < 4.78 is 5.10. The Kier molecular flexibility index (Phi) is 6.33. The summed E-state index contributed by atoms with van der Waals surface area (Å²) in [6.45, 7) is -0.405. The number of hydrogen-bond acceptors (Lipinski definition) is 5. The summed E-state index contributed by atoms with van der Waals surface area (Å²) in [6, 6.07) is 2.75. The third-order valence-electron chi connectivity index (χ3n) is 3.63. The summed E-state index contributed by atoms with van der Waals surface area (Å²) >= 11 is 0. The zero-order valence-electron chi connectivity index (χ0n) is 13.4. The van der Waals surface area contributed by atoms with Crippen molar-refractivity contribution >= 4 is 29.8 Å². The molecule has 9 heteroatoms. The van der Waals surface area contributed by atoms with Gasteiger partial charge in [0.05, 0.1) is 12.8 Å². The maximum absolute atomic E-state index is 12.2. The highest BCUT2D eigenvalue weighted by atomic mass is 16.4. The molecule has 3 amide bonds. The van der Waals surface area contributed by atoms with E-state index in [1.54, 1.807) is 12.1 Å². The lowest BCUT2D eigenvalue weighted by molar-refractivity contribution is -0.138. The molecule has 0 unspecified atom stereocenters. The molecule has 1 atom stereocenters. The van der Waals surface area contributed by atoms with Crippen molar-refractivity contribution in [2.24, 2.45) is 0 Å². The highest BCUT2D eigenvalue weighted by molar-refractivity contribution is 5.96. The Morgan fingerprint density at radius 2 is 2.08 bits per heavy atom. The predicted octanol–water partition coefficient (Wildman–Crippen LogP) is -0.399. The van der Waals surface area contributed by atoms with Crippen LogP contribution in [0.15, 0.2) is 28.9 Å². The molecule has 2 rings (SSSR count). The van der Waals surface area contributed by atoms with Crippen LogP contribution in [0.4, 0.5) is 0 Å². The van der Waals surface area contributed by atoms with E-state index in [2.05, 4.69) is 10.6 Å². The summed E-state index contributed by atoms with van der Waals surface area (Å²) in [5, 5.41) is 13.0. The number of nitrogens with zero attached hydrogens (tertiary/aromatic N) is 1. The molecule has 134 valence electrons. The number of carbonyl (C=O) groups excluding carboxylic acids is 3. The van der Waals surface area contributed by atoms with Gasteiger partial charge >= 0.3 is 5.97 Å². The molecule has 0 spiro atoms. The van der Waals surface area contributed by atoms with Gasteiger partial charge in [-0.2, -0.15) is 0 Å². The lowest BCUT2D eigenvalue weighted by Crippen LogP contribution is -2.48. The molecule has 1 fully saturated rings. The SMILES string of the molecule is O=C(O)CNC(=O)CNC(=O)[C@@H]1CCCN1C(=O)C=Cc1ccco1. The van der Waals surface area contributed by atoms with Gasteiger partial charge in [0.25, 0.3) is 0 Å². The molecule has 25 heavy (non-hydrogen) atoms. The lowest BCUT2D eigenvalue weighted by atomic mass is 10.2. The van der Waals surface area contributed by atoms with Crippen LogP contribution in [0.1, 0.15) is 18.6 Å². The predicted molar refractivity (Wildman–Crippen MR) is 86.1 cm³/mol. The van der Waals surface area contributed by atoms with Crippen LogP contribution in [0.25, 0.3) is 6.08 Å². The highest BCUT2D eigenvalue weighted by Crippen LogP contribution is 2.18. The molecule has 1 saturated heterocycles. The second kappa shape index (κ2) is 8.67. The number of carbonyl (C=O) groups is 4. The van der Waals surface area contributed by atoms with Crippen molar-refractivity contribution in [1.82, 2.24) is 15.5 Å². The molecule has 1 aromatic rings. The number of aliphatic carboxylic acids is 1. The van der Waals surface area contributed by atoms with Crippen molar-refractivity contribution < 1.29 is 28.7 Å². The van der Waals surface area contributed by atoms with E-state index in [0.29, 0.717) is 25.1 Å². The van der Waals surface area contributed by atoms with Gasteiger partial charge < -0.3 is 25.1 Å². The Bertz CT molecular complexity index is 667. The van der Waals surface area contributed by atoms with Crippen molar-refractivity contribution in [3.63, 3.8) is 0 Å². The van der Waals surface area contributed by atoms with Crippen molar-refractivity contribution in [2.75, 3.05) is 19.6 Å². The van der Waals surface area contributed by atoms with Crippen LogP contribution in [0.3, 0.4) is 0 Å². The Balaban J connectivity index is 1.85. The van der Waals surface area contributed by atoms with E-state index in [0.717, 1.165) is 0 Å². The molecule has 0 radical (unpaired) electrons. The lowest BCUT2D eigenvalue weighted by Gasteiger charge is -2.22. The molecule has 1 aliphatic rings. The Morgan fingerprint density at radius 1 is 1.28 bits per heavy atom. The van der Waals surface area contributed by atoms with Gasteiger partial charge in [0.2, 0.25) is 17.7 Å². The first-order valence-corrected chi connectivity index (χ1v) is 7.76. The van der Waals surface area contributed by atoms with Crippen LogP contribution in [0.2, 0.25) is 0 Å². The molecule has 0 aliphatic carbocycles. The van der Waals surface area contributed by atoms with Crippen molar-refractivity contribution in [1.29, 1.82) is 0 Å². The fraction of sp³-hybridized carbons (Fsp3) is 0.375. The summed E-state index contributed by atoms with van der Waals surface area (Å²) in [4.78, 5) is 47.7. The largest absolute Gasteiger partial charge is 0.480 e. The van der Waals surface area contributed by atoms with E-state index >= 15 is 0 Å². The van der Waals surface area contributed by atoms with Gasteiger partial charge in [0.15, 0.2) is 0 Å². The summed E-state index contributed by atoms with van der Waals surface area (Å²) in [6.07, 6.45) is 5.54. The van der Waals surface area contributed by atoms with Gasteiger partial charge in [-0.25, -0.2) is 0 Å². The number of rotatable bonds is 7. The Morgan fingerprint density at radius 3 is 2.76 bits per heavy atom. The zero-order valence-corrected chi connectivity index (χ0v) is 13.4. The maximum Gasteiger partial charge on any atom is 0.322 e.